The number of hydrogen-bond donors (Lipinski definition) is 0. The fraction of sp³-hybridized carbons (Fsp3) is 0.0909. The molecule has 1 heterocycles. The van der Waals surface area contributed by atoms with Crippen LogP contribution in [0.25, 0.3) is 11.5 Å². The van der Waals surface area contributed by atoms with Crippen molar-refractivity contribution in [3.05, 3.63) is 41.8 Å². The van der Waals surface area contributed by atoms with Gasteiger partial charge in [-0.05, 0) is 12.1 Å². The summed E-state index contributed by atoms with van der Waals surface area (Å²) in [6.07, 6.45) is -4.94. The van der Waals surface area contributed by atoms with E-state index in [9.17, 15) is 23.1 Å². The lowest BCUT2D eigenvalue weighted by atomic mass is 10.2. The van der Waals surface area contributed by atoms with Crippen LogP contribution >= 0.6 is 0 Å². The zero-order valence-electron chi connectivity index (χ0n) is 8.69. The van der Waals surface area contributed by atoms with Gasteiger partial charge in [-0.3, -0.25) is 0 Å². The number of carbonyl (C=O) groups is 1. The number of benzene rings is 1. The van der Waals surface area contributed by atoms with Gasteiger partial charge in [0.25, 0.3) is 0 Å². The smallest absolute Gasteiger partial charge is 0.451 e. The Labute approximate surface area is 98.7 Å². The maximum Gasteiger partial charge on any atom is 0.451 e. The maximum atomic E-state index is 12.5. The molecule has 0 atom stereocenters. The van der Waals surface area contributed by atoms with Gasteiger partial charge in [0.2, 0.25) is 11.7 Å². The Morgan fingerprint density at radius 3 is 2.28 bits per heavy atom. The minimum Gasteiger partial charge on any atom is -0.543 e. The Balaban J connectivity index is 2.57. The molecule has 94 valence electrons. The number of carbonyl (C=O) groups excluding carboxylic acids is 1. The molecule has 18 heavy (non-hydrogen) atoms. The van der Waals surface area contributed by atoms with Gasteiger partial charge < -0.3 is 14.3 Å². The average Bonchev–Trinajstić information content (AvgIpc) is 2.74. The van der Waals surface area contributed by atoms with Gasteiger partial charge in [0.15, 0.2) is 0 Å². The Morgan fingerprint density at radius 2 is 1.83 bits per heavy atom. The predicted molar refractivity (Wildman–Crippen MR) is 51.3 cm³/mol. The van der Waals surface area contributed by atoms with Gasteiger partial charge in [0.1, 0.15) is 5.69 Å². The summed E-state index contributed by atoms with van der Waals surface area (Å²) in [7, 11) is 0. The second kappa shape index (κ2) is 4.17. The maximum absolute atomic E-state index is 12.5. The zero-order chi connectivity index (χ0) is 13.3. The third-order valence-electron chi connectivity index (χ3n) is 2.10. The van der Waals surface area contributed by atoms with E-state index in [1.807, 2.05) is 0 Å². The summed E-state index contributed by atoms with van der Waals surface area (Å²) in [5.41, 5.74) is -1.00. The first kappa shape index (κ1) is 12.2. The molecule has 0 aliphatic rings. The molecule has 0 N–H and O–H groups in total. The molecule has 0 spiro atoms. The van der Waals surface area contributed by atoms with Crippen LogP contribution in [0.15, 0.2) is 34.7 Å². The van der Waals surface area contributed by atoms with Crippen LogP contribution in [0.3, 0.4) is 0 Å². The van der Waals surface area contributed by atoms with Crippen LogP contribution in [0.2, 0.25) is 0 Å². The van der Waals surface area contributed by atoms with Gasteiger partial charge in [-0.1, -0.05) is 18.2 Å². The normalized spacial score (nSPS) is 11.5. The third kappa shape index (κ3) is 2.20. The Kier molecular flexibility index (Phi) is 2.82. The van der Waals surface area contributed by atoms with Crippen molar-refractivity contribution in [1.82, 2.24) is 4.98 Å². The number of aromatic nitrogens is 1. The summed E-state index contributed by atoms with van der Waals surface area (Å²) >= 11 is 0. The quantitative estimate of drug-likeness (QED) is 0.820. The molecule has 4 nitrogen and oxygen atoms in total. The molecule has 0 aliphatic heterocycles. The molecule has 0 saturated carbocycles. The summed E-state index contributed by atoms with van der Waals surface area (Å²) in [5, 5.41) is 10.6. The minimum atomic E-state index is -4.94. The van der Waals surface area contributed by atoms with Gasteiger partial charge in [0, 0.05) is 5.56 Å². The van der Waals surface area contributed by atoms with Crippen molar-refractivity contribution in [3.63, 3.8) is 0 Å². The molecule has 0 radical (unpaired) electrons. The Hall–Kier alpha value is -2.31. The lowest BCUT2D eigenvalue weighted by Crippen LogP contribution is -2.25. The van der Waals surface area contributed by atoms with Crippen molar-refractivity contribution in [2.75, 3.05) is 0 Å². The number of aromatic carboxylic acids is 1. The van der Waals surface area contributed by atoms with E-state index in [1.54, 1.807) is 18.2 Å². The largest absolute Gasteiger partial charge is 0.543 e. The average molecular weight is 256 g/mol. The fourth-order valence-electron chi connectivity index (χ4n) is 1.35. The van der Waals surface area contributed by atoms with E-state index in [2.05, 4.69) is 9.40 Å². The number of hydrogen-bond acceptors (Lipinski definition) is 4. The lowest BCUT2D eigenvalue weighted by molar-refractivity contribution is -0.256. The first-order valence-electron chi connectivity index (χ1n) is 4.74. The number of carboxylic acid groups (broad SMARTS) is 1. The van der Waals surface area contributed by atoms with Crippen LogP contribution in [0.1, 0.15) is 16.2 Å². The van der Waals surface area contributed by atoms with Crippen molar-refractivity contribution in [2.24, 2.45) is 0 Å². The van der Waals surface area contributed by atoms with E-state index >= 15 is 0 Å². The Morgan fingerprint density at radius 1 is 1.22 bits per heavy atom. The summed E-state index contributed by atoms with van der Waals surface area (Å²) in [5.74, 6) is -4.11. The van der Waals surface area contributed by atoms with Gasteiger partial charge in [0.05, 0.1) is 5.97 Å². The molecule has 7 heteroatoms. The first-order chi connectivity index (χ1) is 8.39. The van der Waals surface area contributed by atoms with Gasteiger partial charge in [-0.2, -0.15) is 13.2 Å². The van der Waals surface area contributed by atoms with E-state index in [0.717, 1.165) is 0 Å². The summed E-state index contributed by atoms with van der Waals surface area (Å²) in [6.45, 7) is 0. The molecular weight excluding hydrogens is 251 g/mol. The molecule has 0 bridgehead atoms. The fourth-order valence-corrected chi connectivity index (χ4v) is 1.35. The van der Waals surface area contributed by atoms with Crippen LogP contribution in [0, 0.1) is 0 Å². The molecule has 1 aromatic carbocycles. The number of rotatable bonds is 2. The molecule has 0 unspecified atom stereocenters. The SMILES string of the molecule is O=C([O-])c1nc(-c2ccccc2)oc1C(F)(F)F. The minimum absolute atomic E-state index is 0.246. The standard InChI is InChI=1S/C11H6F3NO3/c12-11(13,14)8-7(10(16)17)15-9(18-8)6-4-2-1-3-5-6/h1-5H,(H,16,17)/p-1. The van der Waals surface area contributed by atoms with Crippen molar-refractivity contribution in [1.29, 1.82) is 0 Å². The summed E-state index contributed by atoms with van der Waals surface area (Å²) in [6, 6.07) is 7.67. The molecule has 0 saturated heterocycles. The Bertz CT molecular complexity index is 575. The van der Waals surface area contributed by atoms with E-state index < -0.39 is 29.5 Å². The summed E-state index contributed by atoms with van der Waals surface area (Å²) < 4.78 is 42.0. The van der Waals surface area contributed by atoms with Gasteiger partial charge in [-0.15, -0.1) is 0 Å². The van der Waals surface area contributed by atoms with Crippen LogP contribution < -0.4 is 5.11 Å². The van der Waals surface area contributed by atoms with Crippen LogP contribution in [0.4, 0.5) is 13.2 Å². The van der Waals surface area contributed by atoms with Crippen molar-refractivity contribution < 1.29 is 27.5 Å². The van der Waals surface area contributed by atoms with Crippen molar-refractivity contribution in [2.45, 2.75) is 6.18 Å². The van der Waals surface area contributed by atoms with Crippen molar-refractivity contribution >= 4 is 5.97 Å². The van der Waals surface area contributed by atoms with E-state index in [1.165, 1.54) is 12.1 Å². The highest BCUT2D eigenvalue weighted by atomic mass is 19.4. The molecular formula is C11H5F3NO3-. The van der Waals surface area contributed by atoms with Gasteiger partial charge >= 0.3 is 6.18 Å². The number of carboxylic acids is 1. The van der Waals surface area contributed by atoms with Crippen molar-refractivity contribution in [3.8, 4) is 11.5 Å². The summed E-state index contributed by atoms with van der Waals surface area (Å²) in [4.78, 5) is 13.9. The molecule has 1 aromatic heterocycles. The molecule has 0 aliphatic carbocycles. The highest BCUT2D eigenvalue weighted by Gasteiger charge is 2.40. The molecule has 0 amide bonds. The number of alkyl halides is 3. The third-order valence-corrected chi connectivity index (χ3v) is 2.10. The lowest BCUT2D eigenvalue weighted by Gasteiger charge is -2.04. The second-order valence-corrected chi connectivity index (χ2v) is 3.35. The van der Waals surface area contributed by atoms with Crippen LogP contribution in [-0.4, -0.2) is 11.0 Å². The number of oxazole rings is 1. The second-order valence-electron chi connectivity index (χ2n) is 3.35. The van der Waals surface area contributed by atoms with Gasteiger partial charge in [-0.25, -0.2) is 4.98 Å². The molecule has 0 fully saturated rings. The highest BCUT2D eigenvalue weighted by Crippen LogP contribution is 2.34. The predicted octanol–water partition coefficient (Wildman–Crippen LogP) is 1.72. The number of nitrogens with zero attached hydrogens (tertiary/aromatic N) is 1. The molecule has 2 aromatic rings. The monoisotopic (exact) mass is 256 g/mol. The zero-order valence-corrected chi connectivity index (χ0v) is 8.69. The molecule has 2 rings (SSSR count). The highest BCUT2D eigenvalue weighted by molar-refractivity contribution is 5.85. The topological polar surface area (TPSA) is 66.2 Å². The van der Waals surface area contributed by atoms with Crippen LogP contribution in [-0.2, 0) is 6.18 Å². The van der Waals surface area contributed by atoms with Crippen LogP contribution in [0.5, 0.6) is 0 Å². The van der Waals surface area contributed by atoms with E-state index in [-0.39, 0.29) is 5.56 Å². The first-order valence-corrected chi connectivity index (χ1v) is 4.74. The van der Waals surface area contributed by atoms with E-state index in [4.69, 9.17) is 0 Å². The van der Waals surface area contributed by atoms with E-state index in [0.29, 0.717) is 0 Å². The number of halogens is 3.